The smallest absolute Gasteiger partial charge is 0.347 e. The van der Waals surface area contributed by atoms with E-state index < -0.39 is 5.97 Å². The Labute approximate surface area is 114 Å². The van der Waals surface area contributed by atoms with Gasteiger partial charge in [-0.3, -0.25) is 0 Å². The number of thiazole rings is 1. The summed E-state index contributed by atoms with van der Waals surface area (Å²) >= 11 is 1.17. The van der Waals surface area contributed by atoms with E-state index in [0.717, 1.165) is 23.3 Å². The minimum absolute atomic E-state index is 0.217. The summed E-state index contributed by atoms with van der Waals surface area (Å²) in [4.78, 5) is 15.4. The van der Waals surface area contributed by atoms with Crippen molar-refractivity contribution in [1.29, 1.82) is 0 Å². The monoisotopic (exact) mass is 275 g/mol. The molecule has 0 unspecified atom stereocenters. The van der Waals surface area contributed by atoms with Gasteiger partial charge in [0.25, 0.3) is 0 Å². The normalized spacial score (nSPS) is 15.9. The fraction of sp³-hybridized carbons (Fsp3) is 0.286. The lowest BCUT2D eigenvalue weighted by Crippen LogP contribution is -2.24. The number of hydrogen-bond acceptors (Lipinski definition) is 4. The van der Waals surface area contributed by atoms with Crippen molar-refractivity contribution in [1.82, 2.24) is 4.98 Å². The van der Waals surface area contributed by atoms with Crippen molar-refractivity contribution in [3.8, 4) is 16.3 Å². The molecule has 0 saturated carbocycles. The molecule has 0 radical (unpaired) electrons. The number of carboxylic acid groups (broad SMARTS) is 1. The van der Waals surface area contributed by atoms with Crippen molar-refractivity contribution in [2.45, 2.75) is 25.9 Å². The average molecular weight is 275 g/mol. The maximum Gasteiger partial charge on any atom is 0.347 e. The van der Waals surface area contributed by atoms with Crippen LogP contribution in [-0.2, 0) is 6.42 Å². The van der Waals surface area contributed by atoms with Crippen LogP contribution in [0.3, 0.4) is 0 Å². The molecule has 3 rings (SSSR count). The Morgan fingerprint density at radius 2 is 2.26 bits per heavy atom. The number of aromatic nitrogens is 1. The predicted octanol–water partition coefficient (Wildman–Crippen LogP) is 3.22. The SMILES string of the molecule is CC1(C)Cc2cccc(-c3ncc(C(=O)O)s3)c2O1. The van der Waals surface area contributed by atoms with Gasteiger partial charge in [-0.2, -0.15) is 0 Å². The third-order valence-corrected chi connectivity index (χ3v) is 4.06. The number of rotatable bonds is 2. The molecule has 0 bridgehead atoms. The Bertz CT molecular complexity index is 660. The largest absolute Gasteiger partial charge is 0.486 e. The zero-order valence-corrected chi connectivity index (χ0v) is 11.5. The zero-order valence-electron chi connectivity index (χ0n) is 10.6. The standard InChI is InChI=1S/C14H13NO3S/c1-14(2)6-8-4-3-5-9(11(8)18-14)12-15-7-10(19-12)13(16)17/h3-5,7H,6H2,1-2H3,(H,16,17). The number of carbonyl (C=O) groups is 1. The number of aromatic carboxylic acids is 1. The maximum atomic E-state index is 10.9. The van der Waals surface area contributed by atoms with E-state index in [0.29, 0.717) is 5.01 Å². The molecular weight excluding hydrogens is 262 g/mol. The first-order chi connectivity index (χ1) is 8.96. The number of para-hydroxylation sites is 1. The number of hydrogen-bond donors (Lipinski definition) is 1. The average Bonchev–Trinajstić information content (AvgIpc) is 2.90. The van der Waals surface area contributed by atoms with Crippen LogP contribution in [-0.4, -0.2) is 21.7 Å². The molecule has 0 fully saturated rings. The Morgan fingerprint density at radius 1 is 1.47 bits per heavy atom. The molecule has 0 atom stereocenters. The van der Waals surface area contributed by atoms with Crippen LogP contribution in [0.15, 0.2) is 24.4 Å². The van der Waals surface area contributed by atoms with Gasteiger partial charge in [0.1, 0.15) is 21.2 Å². The maximum absolute atomic E-state index is 10.9. The van der Waals surface area contributed by atoms with Gasteiger partial charge < -0.3 is 9.84 Å². The van der Waals surface area contributed by atoms with Gasteiger partial charge in [0, 0.05) is 6.42 Å². The Balaban J connectivity index is 2.07. The van der Waals surface area contributed by atoms with Crippen LogP contribution >= 0.6 is 11.3 Å². The lowest BCUT2D eigenvalue weighted by Gasteiger charge is -2.17. The van der Waals surface area contributed by atoms with Crippen LogP contribution in [0.4, 0.5) is 0 Å². The highest BCUT2D eigenvalue weighted by Crippen LogP contribution is 2.43. The second kappa shape index (κ2) is 4.06. The van der Waals surface area contributed by atoms with Gasteiger partial charge in [-0.15, -0.1) is 11.3 Å². The van der Waals surface area contributed by atoms with Crippen LogP contribution < -0.4 is 4.74 Å². The van der Waals surface area contributed by atoms with Crippen molar-refractivity contribution in [3.63, 3.8) is 0 Å². The number of carboxylic acids is 1. The second-order valence-electron chi connectivity index (χ2n) is 5.17. The van der Waals surface area contributed by atoms with Crippen molar-refractivity contribution in [2.24, 2.45) is 0 Å². The molecule has 5 heteroatoms. The van der Waals surface area contributed by atoms with Crippen molar-refractivity contribution in [2.75, 3.05) is 0 Å². The van der Waals surface area contributed by atoms with E-state index in [4.69, 9.17) is 9.84 Å². The molecule has 1 aliphatic rings. The van der Waals surface area contributed by atoms with Crippen LogP contribution in [0.1, 0.15) is 29.1 Å². The van der Waals surface area contributed by atoms with E-state index in [9.17, 15) is 4.79 Å². The summed E-state index contributed by atoms with van der Waals surface area (Å²) < 4.78 is 5.97. The highest BCUT2D eigenvalue weighted by atomic mass is 32.1. The van der Waals surface area contributed by atoms with Gasteiger partial charge in [0.05, 0.1) is 11.8 Å². The summed E-state index contributed by atoms with van der Waals surface area (Å²) in [5.74, 6) is -0.114. The molecule has 0 saturated heterocycles. The van der Waals surface area contributed by atoms with Crippen molar-refractivity contribution >= 4 is 17.3 Å². The minimum Gasteiger partial charge on any atom is -0.486 e. The van der Waals surface area contributed by atoms with Gasteiger partial charge in [-0.05, 0) is 25.5 Å². The summed E-state index contributed by atoms with van der Waals surface area (Å²) in [6.07, 6.45) is 2.25. The molecule has 4 nitrogen and oxygen atoms in total. The van der Waals surface area contributed by atoms with Gasteiger partial charge in [0.2, 0.25) is 0 Å². The first-order valence-corrected chi connectivity index (χ1v) is 6.78. The number of fused-ring (bicyclic) bond motifs is 1. The van der Waals surface area contributed by atoms with Gasteiger partial charge in [-0.1, -0.05) is 12.1 Å². The Morgan fingerprint density at radius 3 is 2.95 bits per heavy atom. The summed E-state index contributed by atoms with van der Waals surface area (Å²) in [7, 11) is 0. The molecule has 1 aromatic carbocycles. The quantitative estimate of drug-likeness (QED) is 0.914. The third kappa shape index (κ3) is 2.10. The van der Waals surface area contributed by atoms with E-state index >= 15 is 0 Å². The fourth-order valence-corrected chi connectivity index (χ4v) is 3.06. The molecule has 0 spiro atoms. The summed E-state index contributed by atoms with van der Waals surface area (Å²) in [6.45, 7) is 4.09. The number of benzene rings is 1. The highest BCUT2D eigenvalue weighted by Gasteiger charge is 2.32. The highest BCUT2D eigenvalue weighted by molar-refractivity contribution is 7.16. The number of nitrogens with zero attached hydrogens (tertiary/aromatic N) is 1. The van der Waals surface area contributed by atoms with Crippen LogP contribution in [0.5, 0.6) is 5.75 Å². The number of ether oxygens (including phenoxy) is 1. The second-order valence-corrected chi connectivity index (χ2v) is 6.20. The van der Waals surface area contributed by atoms with Gasteiger partial charge in [0.15, 0.2) is 0 Å². The molecule has 1 N–H and O–H groups in total. The molecule has 0 aliphatic carbocycles. The molecule has 0 amide bonds. The lowest BCUT2D eigenvalue weighted by molar-refractivity contribution is 0.0702. The van der Waals surface area contributed by atoms with E-state index in [-0.39, 0.29) is 10.5 Å². The van der Waals surface area contributed by atoms with Gasteiger partial charge >= 0.3 is 5.97 Å². The molecule has 98 valence electrons. The molecule has 2 aromatic rings. The summed E-state index contributed by atoms with van der Waals surface area (Å²) in [5.41, 5.74) is 1.81. The van der Waals surface area contributed by atoms with Crippen LogP contribution in [0.25, 0.3) is 10.6 Å². The summed E-state index contributed by atoms with van der Waals surface area (Å²) in [6, 6.07) is 5.92. The Hall–Kier alpha value is -1.88. The summed E-state index contributed by atoms with van der Waals surface area (Å²) in [5, 5.41) is 9.65. The molecular formula is C14H13NO3S. The third-order valence-electron chi connectivity index (χ3n) is 3.04. The first-order valence-electron chi connectivity index (χ1n) is 5.97. The van der Waals surface area contributed by atoms with E-state index in [2.05, 4.69) is 4.98 Å². The minimum atomic E-state index is -0.947. The van der Waals surface area contributed by atoms with E-state index in [1.165, 1.54) is 17.5 Å². The van der Waals surface area contributed by atoms with Crippen LogP contribution in [0, 0.1) is 0 Å². The van der Waals surface area contributed by atoms with Crippen LogP contribution in [0.2, 0.25) is 0 Å². The van der Waals surface area contributed by atoms with Crippen molar-refractivity contribution in [3.05, 3.63) is 34.8 Å². The fourth-order valence-electron chi connectivity index (χ4n) is 2.28. The zero-order chi connectivity index (χ0) is 13.6. The molecule has 1 aromatic heterocycles. The van der Waals surface area contributed by atoms with Gasteiger partial charge in [-0.25, -0.2) is 9.78 Å². The lowest BCUT2D eigenvalue weighted by atomic mass is 10.0. The topological polar surface area (TPSA) is 59.4 Å². The first kappa shape index (κ1) is 12.2. The van der Waals surface area contributed by atoms with Crippen molar-refractivity contribution < 1.29 is 14.6 Å². The Kier molecular flexibility index (Phi) is 2.60. The predicted molar refractivity (Wildman–Crippen MR) is 72.9 cm³/mol. The molecule has 19 heavy (non-hydrogen) atoms. The van der Waals surface area contributed by atoms with E-state index in [1.807, 2.05) is 32.0 Å². The molecule has 1 aliphatic heterocycles. The van der Waals surface area contributed by atoms with E-state index in [1.54, 1.807) is 0 Å². The molecule has 2 heterocycles.